The number of aryl methyl sites for hydroxylation is 2. The van der Waals surface area contributed by atoms with Crippen molar-refractivity contribution in [3.8, 4) is 5.75 Å². The van der Waals surface area contributed by atoms with Gasteiger partial charge in [0.05, 0.1) is 17.7 Å². The number of hydrogen-bond donors (Lipinski definition) is 3. The third-order valence-corrected chi connectivity index (χ3v) is 5.61. The average Bonchev–Trinajstić information content (AvgIpc) is 2.64. The number of nitrogens with one attached hydrogen (secondary N) is 2. The molecule has 0 aliphatic carbocycles. The lowest BCUT2D eigenvalue weighted by Crippen LogP contribution is -2.28. The van der Waals surface area contributed by atoms with Gasteiger partial charge in [-0.3, -0.25) is 4.79 Å². The number of phenolic OH excluding ortho intramolecular Hbond substituents is 1. The molecule has 28 heavy (non-hydrogen) atoms. The summed E-state index contributed by atoms with van der Waals surface area (Å²) in [6.45, 7) is 3.57. The van der Waals surface area contributed by atoms with E-state index in [0.29, 0.717) is 0 Å². The van der Waals surface area contributed by atoms with E-state index in [1.807, 2.05) is 13.8 Å². The van der Waals surface area contributed by atoms with Gasteiger partial charge in [0.1, 0.15) is 5.56 Å². The molecule has 8 nitrogen and oxygen atoms in total. The molecule has 0 bridgehead atoms. The lowest BCUT2D eigenvalue weighted by atomic mass is 10.1. The van der Waals surface area contributed by atoms with E-state index in [9.17, 15) is 23.1 Å². The highest BCUT2D eigenvalue weighted by Crippen LogP contribution is 2.28. The van der Waals surface area contributed by atoms with Crippen LogP contribution in [-0.2, 0) is 19.6 Å². The van der Waals surface area contributed by atoms with Crippen LogP contribution in [0.1, 0.15) is 27.9 Å². The highest BCUT2D eigenvalue weighted by atomic mass is 32.2. The van der Waals surface area contributed by atoms with Crippen LogP contribution in [0.15, 0.2) is 41.3 Å². The lowest BCUT2D eigenvalue weighted by molar-refractivity contribution is -0.116. The zero-order valence-electron chi connectivity index (χ0n) is 15.8. The molecule has 3 N–H and O–H groups in total. The number of esters is 1. The van der Waals surface area contributed by atoms with Crippen molar-refractivity contribution in [3.63, 3.8) is 0 Å². The van der Waals surface area contributed by atoms with Crippen molar-refractivity contribution in [2.24, 2.45) is 0 Å². The number of carbonyl (C=O) groups is 2. The molecule has 0 radical (unpaired) electrons. The number of ether oxygens (including phenoxy) is 1. The fourth-order valence-electron chi connectivity index (χ4n) is 2.40. The van der Waals surface area contributed by atoms with Gasteiger partial charge < -0.3 is 15.2 Å². The van der Waals surface area contributed by atoms with Crippen LogP contribution in [0.2, 0.25) is 0 Å². The highest BCUT2D eigenvalue weighted by molar-refractivity contribution is 7.89. The maximum absolute atomic E-state index is 12.3. The molecular formula is C19H22N2O6S. The van der Waals surface area contributed by atoms with Gasteiger partial charge >= 0.3 is 5.97 Å². The average molecular weight is 406 g/mol. The number of carbonyl (C=O) groups excluding carboxylic acids is 2. The summed E-state index contributed by atoms with van der Waals surface area (Å²) >= 11 is 0. The fraction of sp³-hybridized carbons (Fsp3) is 0.263. The van der Waals surface area contributed by atoms with E-state index < -0.39 is 27.6 Å². The summed E-state index contributed by atoms with van der Waals surface area (Å²) in [5.41, 5.74) is 1.77. The highest BCUT2D eigenvalue weighted by Gasteiger charge is 2.17. The van der Waals surface area contributed by atoms with E-state index in [0.717, 1.165) is 11.1 Å². The summed E-state index contributed by atoms with van der Waals surface area (Å²) < 4.78 is 31.5. The van der Waals surface area contributed by atoms with Crippen molar-refractivity contribution >= 4 is 27.6 Å². The van der Waals surface area contributed by atoms with Crippen molar-refractivity contribution in [1.29, 1.82) is 0 Å². The molecule has 1 amide bonds. The summed E-state index contributed by atoms with van der Waals surface area (Å²) in [5.74, 6) is -1.69. The minimum absolute atomic E-state index is 0.0323. The first-order valence-electron chi connectivity index (χ1n) is 8.42. The Labute approximate surface area is 163 Å². The van der Waals surface area contributed by atoms with Crippen molar-refractivity contribution < 1.29 is 27.9 Å². The second-order valence-corrected chi connectivity index (χ2v) is 7.90. The van der Waals surface area contributed by atoms with Crippen LogP contribution in [0.5, 0.6) is 5.75 Å². The van der Waals surface area contributed by atoms with E-state index in [1.165, 1.54) is 31.4 Å². The van der Waals surface area contributed by atoms with E-state index in [2.05, 4.69) is 14.8 Å². The Morgan fingerprint density at radius 3 is 2.46 bits per heavy atom. The second kappa shape index (κ2) is 8.85. The van der Waals surface area contributed by atoms with E-state index in [1.54, 1.807) is 12.1 Å². The van der Waals surface area contributed by atoms with Crippen molar-refractivity contribution in [2.45, 2.75) is 25.2 Å². The predicted molar refractivity (Wildman–Crippen MR) is 104 cm³/mol. The van der Waals surface area contributed by atoms with Crippen molar-refractivity contribution in [1.82, 2.24) is 4.72 Å². The predicted octanol–water partition coefficient (Wildman–Crippen LogP) is 2.10. The Morgan fingerprint density at radius 1 is 1.11 bits per heavy atom. The summed E-state index contributed by atoms with van der Waals surface area (Å²) in [4.78, 5) is 23.8. The quantitative estimate of drug-likeness (QED) is 0.478. The molecule has 2 aromatic rings. The molecule has 0 spiro atoms. The van der Waals surface area contributed by atoms with Gasteiger partial charge in [0.2, 0.25) is 15.9 Å². The maximum Gasteiger partial charge on any atom is 0.341 e. The number of amides is 1. The van der Waals surface area contributed by atoms with Crippen LogP contribution in [0, 0.1) is 13.8 Å². The maximum atomic E-state index is 12.3. The van der Waals surface area contributed by atoms with Gasteiger partial charge in [-0.1, -0.05) is 12.1 Å². The van der Waals surface area contributed by atoms with Gasteiger partial charge in [-0.2, -0.15) is 0 Å². The van der Waals surface area contributed by atoms with Gasteiger partial charge in [0.25, 0.3) is 0 Å². The Balaban J connectivity index is 1.98. The SMILES string of the molecule is COC(=O)c1cccc(NC(=O)CCNS(=O)(=O)c2ccc(C)c(C)c2)c1O. The number of benzene rings is 2. The molecule has 0 saturated carbocycles. The smallest absolute Gasteiger partial charge is 0.341 e. The molecular weight excluding hydrogens is 384 g/mol. The summed E-state index contributed by atoms with van der Waals surface area (Å²) in [5, 5.41) is 12.5. The summed E-state index contributed by atoms with van der Waals surface area (Å²) in [6.07, 6.45) is -0.161. The van der Waals surface area contributed by atoms with Gasteiger partial charge in [-0.05, 0) is 49.2 Å². The van der Waals surface area contributed by atoms with Crippen LogP contribution in [0.4, 0.5) is 5.69 Å². The fourth-order valence-corrected chi connectivity index (χ4v) is 3.51. The third kappa shape index (κ3) is 5.08. The number of sulfonamides is 1. The minimum atomic E-state index is -3.74. The molecule has 0 atom stereocenters. The van der Waals surface area contributed by atoms with Gasteiger partial charge in [-0.25, -0.2) is 17.9 Å². The van der Waals surface area contributed by atoms with Crippen LogP contribution in [-0.4, -0.2) is 39.1 Å². The molecule has 0 unspecified atom stereocenters. The normalized spacial score (nSPS) is 11.1. The van der Waals surface area contributed by atoms with Crippen molar-refractivity contribution in [3.05, 3.63) is 53.1 Å². The number of methoxy groups -OCH3 is 1. The van der Waals surface area contributed by atoms with E-state index in [-0.39, 0.29) is 29.1 Å². The zero-order chi connectivity index (χ0) is 20.9. The van der Waals surface area contributed by atoms with Crippen molar-refractivity contribution in [2.75, 3.05) is 19.0 Å². The molecule has 0 aliphatic rings. The molecule has 0 aliphatic heterocycles. The molecule has 0 heterocycles. The number of phenols is 1. The molecule has 0 fully saturated rings. The first-order chi connectivity index (χ1) is 13.2. The summed E-state index contributed by atoms with van der Waals surface area (Å²) in [7, 11) is -2.56. The van der Waals surface area contributed by atoms with Crippen LogP contribution < -0.4 is 10.0 Å². The minimum Gasteiger partial charge on any atom is -0.505 e. The topological polar surface area (TPSA) is 122 Å². The molecule has 2 aromatic carbocycles. The molecule has 2 rings (SSSR count). The van der Waals surface area contributed by atoms with Crippen LogP contribution in [0.25, 0.3) is 0 Å². The molecule has 9 heteroatoms. The van der Waals surface area contributed by atoms with Gasteiger partial charge in [0.15, 0.2) is 5.75 Å². The Kier molecular flexibility index (Phi) is 6.76. The molecule has 0 saturated heterocycles. The van der Waals surface area contributed by atoms with Gasteiger partial charge in [0, 0.05) is 13.0 Å². The first-order valence-corrected chi connectivity index (χ1v) is 9.91. The monoisotopic (exact) mass is 406 g/mol. The number of rotatable bonds is 7. The van der Waals surface area contributed by atoms with E-state index in [4.69, 9.17) is 0 Å². The third-order valence-electron chi connectivity index (χ3n) is 4.15. The largest absolute Gasteiger partial charge is 0.505 e. The second-order valence-electron chi connectivity index (χ2n) is 6.14. The van der Waals surface area contributed by atoms with Crippen LogP contribution in [0.3, 0.4) is 0 Å². The summed E-state index contributed by atoms with van der Waals surface area (Å²) in [6, 6.07) is 9.03. The van der Waals surface area contributed by atoms with E-state index >= 15 is 0 Å². The zero-order valence-corrected chi connectivity index (χ0v) is 16.6. The van der Waals surface area contributed by atoms with Crippen LogP contribution >= 0.6 is 0 Å². The Morgan fingerprint density at radius 2 is 1.82 bits per heavy atom. The number of aromatic hydroxyl groups is 1. The first kappa shape index (κ1) is 21.4. The number of anilines is 1. The van der Waals surface area contributed by atoms with Gasteiger partial charge in [-0.15, -0.1) is 0 Å². The number of para-hydroxylation sites is 1. The molecule has 0 aromatic heterocycles. The Hall–Kier alpha value is -2.91. The Bertz CT molecular complexity index is 1000. The molecule has 150 valence electrons. The number of hydrogen-bond acceptors (Lipinski definition) is 6. The lowest BCUT2D eigenvalue weighted by Gasteiger charge is -2.11. The standard InChI is InChI=1S/C19H22N2O6S/c1-12-7-8-14(11-13(12)2)28(25,26)20-10-9-17(22)21-16-6-4-5-15(18(16)23)19(24)27-3/h4-8,11,20,23H,9-10H2,1-3H3,(H,21,22).